The number of nitro benzene ring substituents is 1. The molecule has 40 heavy (non-hydrogen) atoms. The molecule has 0 aromatic heterocycles. The Kier molecular flexibility index (Phi) is 8.78. The van der Waals surface area contributed by atoms with Crippen LogP contribution in [0.25, 0.3) is 6.08 Å². The van der Waals surface area contributed by atoms with Gasteiger partial charge >= 0.3 is 6.18 Å². The maximum Gasteiger partial charge on any atom is 0.416 e. The van der Waals surface area contributed by atoms with Crippen LogP contribution in [0.5, 0.6) is 5.75 Å². The molecule has 4 rings (SSSR count). The summed E-state index contributed by atoms with van der Waals surface area (Å²) in [6, 6.07) is 15.0. The van der Waals surface area contributed by atoms with Crippen LogP contribution in [0.4, 0.5) is 29.3 Å². The van der Waals surface area contributed by atoms with Gasteiger partial charge in [0.2, 0.25) is 5.91 Å². The van der Waals surface area contributed by atoms with Gasteiger partial charge in [0, 0.05) is 17.8 Å². The van der Waals surface area contributed by atoms with E-state index >= 15 is 0 Å². The first kappa shape index (κ1) is 29.1. The molecule has 0 unspecified atom stereocenters. The average Bonchev–Trinajstić information content (AvgIpc) is 3.15. The van der Waals surface area contributed by atoms with E-state index in [0.29, 0.717) is 31.5 Å². The molecule has 1 aliphatic heterocycles. The summed E-state index contributed by atoms with van der Waals surface area (Å²) >= 11 is 2.68. The Morgan fingerprint density at radius 1 is 1.10 bits per heavy atom. The lowest BCUT2D eigenvalue weighted by Crippen LogP contribution is -2.36. The van der Waals surface area contributed by atoms with Crippen molar-refractivity contribution in [1.82, 2.24) is 4.90 Å². The maximum absolute atomic E-state index is 12.9. The van der Waals surface area contributed by atoms with E-state index in [4.69, 9.17) is 4.74 Å². The third kappa shape index (κ3) is 7.18. The number of nitro groups is 1. The zero-order valence-electron chi connectivity index (χ0n) is 20.1. The minimum atomic E-state index is -4.59. The molecule has 1 N–H and O–H groups in total. The molecule has 1 aliphatic rings. The number of benzene rings is 3. The fraction of sp³-hybridized carbons (Fsp3) is 0.115. The Morgan fingerprint density at radius 2 is 1.82 bits per heavy atom. The predicted molar refractivity (Wildman–Crippen MR) is 149 cm³/mol. The zero-order valence-corrected chi connectivity index (χ0v) is 23.1. The van der Waals surface area contributed by atoms with E-state index in [2.05, 4.69) is 5.32 Å². The van der Waals surface area contributed by atoms with E-state index in [1.807, 2.05) is 22.6 Å². The molecule has 0 aliphatic carbocycles. The molecule has 1 fully saturated rings. The number of nitrogens with zero attached hydrogens (tertiary/aromatic N) is 2. The number of halogens is 4. The Balaban J connectivity index is 1.38. The number of non-ortho nitro benzene ring substituents is 1. The van der Waals surface area contributed by atoms with E-state index < -0.39 is 40.3 Å². The summed E-state index contributed by atoms with van der Waals surface area (Å²) in [4.78, 5) is 48.6. The molecule has 206 valence electrons. The molecule has 3 aromatic carbocycles. The van der Waals surface area contributed by atoms with Crippen LogP contribution >= 0.6 is 34.4 Å². The molecular formula is C26H17F3IN3O6S. The van der Waals surface area contributed by atoms with Crippen LogP contribution < -0.4 is 10.1 Å². The summed E-state index contributed by atoms with van der Waals surface area (Å²) in [6.45, 7) is -0.486. The van der Waals surface area contributed by atoms with Crippen molar-refractivity contribution in [3.05, 3.63) is 102 Å². The molecule has 3 aromatic rings. The number of imide groups is 1. The molecule has 14 heteroatoms. The van der Waals surface area contributed by atoms with Crippen LogP contribution in [0, 0.1) is 13.7 Å². The number of nitrogens with one attached hydrogen (secondary N) is 1. The van der Waals surface area contributed by atoms with Gasteiger partial charge in [0.05, 0.1) is 19.0 Å². The summed E-state index contributed by atoms with van der Waals surface area (Å²) in [7, 11) is 0. The van der Waals surface area contributed by atoms with Gasteiger partial charge < -0.3 is 10.1 Å². The fourth-order valence-electron chi connectivity index (χ4n) is 3.50. The van der Waals surface area contributed by atoms with Gasteiger partial charge in [-0.3, -0.25) is 29.4 Å². The molecule has 3 amide bonds. The van der Waals surface area contributed by atoms with Crippen molar-refractivity contribution in [3.8, 4) is 5.75 Å². The summed E-state index contributed by atoms with van der Waals surface area (Å²) in [5.74, 6) is -0.995. The van der Waals surface area contributed by atoms with Crippen molar-refractivity contribution < 1.29 is 37.2 Å². The van der Waals surface area contributed by atoms with E-state index in [1.54, 1.807) is 30.3 Å². The van der Waals surface area contributed by atoms with Crippen LogP contribution in [-0.2, 0) is 22.4 Å². The summed E-state index contributed by atoms with van der Waals surface area (Å²) in [6.07, 6.45) is -3.11. The monoisotopic (exact) mass is 683 g/mol. The third-order valence-corrected chi connectivity index (χ3v) is 7.19. The number of carbonyl (C=O) groups is 3. The Bertz CT molecular complexity index is 1530. The molecular weight excluding hydrogens is 666 g/mol. The molecule has 1 saturated heterocycles. The molecule has 0 radical (unpaired) electrons. The second-order valence-electron chi connectivity index (χ2n) is 8.30. The first-order valence-electron chi connectivity index (χ1n) is 11.3. The smallest absolute Gasteiger partial charge is 0.416 e. The number of alkyl halides is 3. The number of amides is 3. The van der Waals surface area contributed by atoms with Crippen molar-refractivity contribution >= 4 is 68.9 Å². The maximum atomic E-state index is 12.9. The molecule has 9 nitrogen and oxygen atoms in total. The number of thioether (sulfide) groups is 1. The normalized spacial score (nSPS) is 14.5. The molecule has 1 heterocycles. The van der Waals surface area contributed by atoms with Gasteiger partial charge in [-0.1, -0.05) is 12.1 Å². The van der Waals surface area contributed by atoms with E-state index in [0.717, 1.165) is 23.8 Å². The third-order valence-electron chi connectivity index (χ3n) is 5.44. The van der Waals surface area contributed by atoms with Crippen LogP contribution in [0.2, 0.25) is 0 Å². The first-order chi connectivity index (χ1) is 18.9. The van der Waals surface area contributed by atoms with Crippen molar-refractivity contribution in [3.63, 3.8) is 0 Å². The highest BCUT2D eigenvalue weighted by atomic mass is 127. The van der Waals surface area contributed by atoms with Crippen molar-refractivity contribution in [2.75, 3.05) is 11.9 Å². The van der Waals surface area contributed by atoms with Gasteiger partial charge in [0.15, 0.2) is 0 Å². The fourth-order valence-corrected chi connectivity index (χ4v) is 5.04. The van der Waals surface area contributed by atoms with E-state index in [-0.39, 0.29) is 22.9 Å². The van der Waals surface area contributed by atoms with Crippen LogP contribution in [0.3, 0.4) is 0 Å². The standard InChI is InChI=1S/C26H17F3IN3O6S/c27-26(28,29)17-2-1-3-18(12-17)31-23(34)13-32-24(35)22(40-25(32)36)11-16-6-9-21(20(30)10-16)39-14-15-4-7-19(8-5-15)33(37)38/h1-12H,13-14H2,(H,31,34)/b22-11-. The second kappa shape index (κ2) is 12.1. The lowest BCUT2D eigenvalue weighted by atomic mass is 10.2. The highest BCUT2D eigenvalue weighted by Gasteiger charge is 2.36. The SMILES string of the molecule is O=C(CN1C(=O)S/C(=C\c2ccc(OCc3ccc([N+](=O)[O-])cc3)c(I)c2)C1=O)Nc1cccc(C(F)(F)F)c1. The number of ether oxygens (including phenoxy) is 1. The van der Waals surface area contributed by atoms with Gasteiger partial charge in [-0.2, -0.15) is 13.2 Å². The summed E-state index contributed by atoms with van der Waals surface area (Å²) in [5.41, 5.74) is 0.232. The van der Waals surface area contributed by atoms with Crippen LogP contribution in [0.1, 0.15) is 16.7 Å². The summed E-state index contributed by atoms with van der Waals surface area (Å²) in [5, 5.41) is 12.4. The largest absolute Gasteiger partial charge is 0.488 e. The van der Waals surface area contributed by atoms with Gasteiger partial charge in [0.1, 0.15) is 18.9 Å². The number of carbonyl (C=O) groups excluding carboxylic acids is 3. The predicted octanol–water partition coefficient (Wildman–Crippen LogP) is 6.47. The van der Waals surface area contributed by atoms with Crippen LogP contribution in [0.15, 0.2) is 71.6 Å². The Morgan fingerprint density at radius 3 is 2.48 bits per heavy atom. The second-order valence-corrected chi connectivity index (χ2v) is 10.5. The highest BCUT2D eigenvalue weighted by Crippen LogP contribution is 2.34. The molecule has 0 atom stereocenters. The van der Waals surface area contributed by atoms with Gasteiger partial charge in [-0.25, -0.2) is 0 Å². The average molecular weight is 683 g/mol. The van der Waals surface area contributed by atoms with Crippen LogP contribution in [-0.4, -0.2) is 33.4 Å². The number of hydrogen-bond acceptors (Lipinski definition) is 7. The van der Waals surface area contributed by atoms with Crippen molar-refractivity contribution in [2.24, 2.45) is 0 Å². The zero-order chi connectivity index (χ0) is 29.0. The Labute approximate surface area is 242 Å². The highest BCUT2D eigenvalue weighted by molar-refractivity contribution is 14.1. The Hall–Kier alpha value is -3.92. The van der Waals surface area contributed by atoms with E-state index in [1.165, 1.54) is 24.3 Å². The van der Waals surface area contributed by atoms with Crippen molar-refractivity contribution in [1.29, 1.82) is 0 Å². The summed E-state index contributed by atoms with van der Waals surface area (Å²) < 4.78 is 45.2. The quantitative estimate of drug-likeness (QED) is 0.125. The lowest BCUT2D eigenvalue weighted by molar-refractivity contribution is -0.384. The number of anilines is 1. The molecule has 0 saturated carbocycles. The van der Waals surface area contributed by atoms with Crippen molar-refractivity contribution in [2.45, 2.75) is 12.8 Å². The number of hydrogen-bond donors (Lipinski definition) is 1. The first-order valence-corrected chi connectivity index (χ1v) is 13.2. The van der Waals surface area contributed by atoms with Gasteiger partial charge in [-0.05, 0) is 94.0 Å². The minimum Gasteiger partial charge on any atom is -0.488 e. The van der Waals surface area contributed by atoms with Gasteiger partial charge in [0.25, 0.3) is 16.8 Å². The molecule has 0 bridgehead atoms. The topological polar surface area (TPSA) is 119 Å². The lowest BCUT2D eigenvalue weighted by Gasteiger charge is -2.13. The van der Waals surface area contributed by atoms with Gasteiger partial charge in [-0.15, -0.1) is 0 Å². The number of rotatable bonds is 8. The van der Waals surface area contributed by atoms with E-state index in [9.17, 15) is 37.7 Å². The minimum absolute atomic E-state index is 0.0246. The molecule has 0 spiro atoms.